The van der Waals surface area contributed by atoms with Crippen molar-refractivity contribution in [2.75, 3.05) is 13.2 Å². The molecule has 1 atom stereocenters. The average molecular weight is 284 g/mol. The molecule has 0 spiro atoms. The maximum Gasteiger partial charge on any atom is 0.0443 e. The van der Waals surface area contributed by atoms with E-state index in [4.69, 9.17) is 0 Å². The Bertz CT molecular complexity index is 590. The Morgan fingerprint density at radius 3 is 2.90 bits per heavy atom. The van der Waals surface area contributed by atoms with Crippen LogP contribution in [0, 0.1) is 0 Å². The van der Waals surface area contributed by atoms with Crippen LogP contribution >= 0.6 is 0 Å². The van der Waals surface area contributed by atoms with Crippen molar-refractivity contribution < 1.29 is 5.11 Å². The first-order valence-corrected chi connectivity index (χ1v) is 7.81. The van der Waals surface area contributed by atoms with Gasteiger partial charge in [0, 0.05) is 45.2 Å². The predicted octanol–water partition coefficient (Wildman–Crippen LogP) is 2.90. The van der Waals surface area contributed by atoms with Crippen LogP contribution in [0.25, 0.3) is 0 Å². The Morgan fingerprint density at radius 2 is 2.14 bits per heavy atom. The van der Waals surface area contributed by atoms with Crippen LogP contribution in [0.3, 0.4) is 0 Å². The van der Waals surface area contributed by atoms with Crippen LogP contribution < -0.4 is 0 Å². The minimum atomic E-state index is 0.264. The van der Waals surface area contributed by atoms with Crippen molar-refractivity contribution in [3.05, 3.63) is 59.4 Å². The number of benzene rings is 1. The van der Waals surface area contributed by atoms with Gasteiger partial charge in [0.2, 0.25) is 0 Å². The van der Waals surface area contributed by atoms with E-state index in [9.17, 15) is 5.11 Å². The molecule has 21 heavy (non-hydrogen) atoms. The fourth-order valence-electron chi connectivity index (χ4n) is 3.42. The van der Waals surface area contributed by atoms with Gasteiger partial charge in [-0.3, -0.25) is 4.90 Å². The SMILES string of the molecule is Cn1ccc(CN(CCCO)C2CCc3ccccc32)c1. The predicted molar refractivity (Wildman–Crippen MR) is 85.0 cm³/mol. The summed E-state index contributed by atoms with van der Waals surface area (Å²) >= 11 is 0. The number of aliphatic hydroxyl groups is 1. The van der Waals surface area contributed by atoms with Gasteiger partial charge in [-0.2, -0.15) is 0 Å². The molecular formula is C18H24N2O. The summed E-state index contributed by atoms with van der Waals surface area (Å²) < 4.78 is 2.10. The van der Waals surface area contributed by atoms with Gasteiger partial charge in [0.1, 0.15) is 0 Å². The molecule has 0 fully saturated rings. The third-order valence-corrected chi connectivity index (χ3v) is 4.42. The molecule has 3 nitrogen and oxygen atoms in total. The van der Waals surface area contributed by atoms with E-state index >= 15 is 0 Å². The summed E-state index contributed by atoms with van der Waals surface area (Å²) in [6, 6.07) is 11.5. The smallest absolute Gasteiger partial charge is 0.0443 e. The molecule has 3 rings (SSSR count). The Hall–Kier alpha value is -1.58. The number of hydrogen-bond donors (Lipinski definition) is 1. The third kappa shape index (κ3) is 3.20. The second-order valence-corrected chi connectivity index (χ2v) is 5.99. The van der Waals surface area contributed by atoms with Crippen LogP contribution in [0.4, 0.5) is 0 Å². The number of nitrogens with zero attached hydrogens (tertiary/aromatic N) is 2. The van der Waals surface area contributed by atoms with E-state index in [2.05, 4.69) is 59.2 Å². The lowest BCUT2D eigenvalue weighted by Gasteiger charge is -2.29. The lowest BCUT2D eigenvalue weighted by Crippen LogP contribution is -2.28. The standard InChI is InChI=1S/C18H24N2O/c1-19-11-9-15(13-19)14-20(10-4-12-21)18-8-7-16-5-2-3-6-17(16)18/h2-3,5-6,9,11,13,18,21H,4,7-8,10,12,14H2,1H3. The molecule has 1 N–H and O–H groups in total. The van der Waals surface area contributed by atoms with Gasteiger partial charge < -0.3 is 9.67 Å². The molecule has 3 heteroatoms. The molecule has 1 aromatic heterocycles. The van der Waals surface area contributed by atoms with Gasteiger partial charge in [0.15, 0.2) is 0 Å². The molecule has 0 aliphatic heterocycles. The maximum absolute atomic E-state index is 9.19. The van der Waals surface area contributed by atoms with E-state index in [0.29, 0.717) is 6.04 Å². The fourth-order valence-corrected chi connectivity index (χ4v) is 3.42. The Morgan fingerprint density at radius 1 is 1.29 bits per heavy atom. The molecule has 1 aliphatic carbocycles. The number of fused-ring (bicyclic) bond motifs is 1. The minimum absolute atomic E-state index is 0.264. The van der Waals surface area contributed by atoms with E-state index in [1.807, 2.05) is 0 Å². The molecule has 1 aromatic carbocycles. The van der Waals surface area contributed by atoms with Crippen LogP contribution in [-0.4, -0.2) is 27.7 Å². The Kier molecular flexibility index (Phi) is 4.42. The van der Waals surface area contributed by atoms with Gasteiger partial charge >= 0.3 is 0 Å². The molecule has 2 aromatic rings. The largest absolute Gasteiger partial charge is 0.396 e. The van der Waals surface area contributed by atoms with E-state index < -0.39 is 0 Å². The van der Waals surface area contributed by atoms with Gasteiger partial charge in [-0.05, 0) is 42.0 Å². The van der Waals surface area contributed by atoms with E-state index in [1.165, 1.54) is 29.5 Å². The van der Waals surface area contributed by atoms with Crippen molar-refractivity contribution >= 4 is 0 Å². The Balaban J connectivity index is 1.79. The zero-order valence-electron chi connectivity index (χ0n) is 12.7. The summed E-state index contributed by atoms with van der Waals surface area (Å²) in [4.78, 5) is 2.53. The molecule has 0 bridgehead atoms. The molecule has 1 aliphatic rings. The topological polar surface area (TPSA) is 28.4 Å². The summed E-state index contributed by atoms with van der Waals surface area (Å²) in [6.45, 7) is 2.17. The molecule has 1 heterocycles. The van der Waals surface area contributed by atoms with Crippen molar-refractivity contribution in [1.82, 2.24) is 9.47 Å². The van der Waals surface area contributed by atoms with Crippen molar-refractivity contribution in [2.24, 2.45) is 7.05 Å². The van der Waals surface area contributed by atoms with E-state index in [-0.39, 0.29) is 6.61 Å². The molecule has 0 saturated carbocycles. The normalized spacial score (nSPS) is 17.4. The lowest BCUT2D eigenvalue weighted by molar-refractivity contribution is 0.166. The number of aryl methyl sites for hydroxylation is 2. The van der Waals surface area contributed by atoms with Gasteiger partial charge in [-0.1, -0.05) is 24.3 Å². The summed E-state index contributed by atoms with van der Waals surface area (Å²) in [5, 5.41) is 9.19. The molecule has 112 valence electrons. The van der Waals surface area contributed by atoms with Gasteiger partial charge in [-0.15, -0.1) is 0 Å². The van der Waals surface area contributed by atoms with Gasteiger partial charge in [0.25, 0.3) is 0 Å². The van der Waals surface area contributed by atoms with E-state index in [0.717, 1.165) is 19.5 Å². The highest BCUT2D eigenvalue weighted by Crippen LogP contribution is 2.36. The van der Waals surface area contributed by atoms with Gasteiger partial charge in [-0.25, -0.2) is 0 Å². The maximum atomic E-state index is 9.19. The van der Waals surface area contributed by atoms with Crippen LogP contribution in [-0.2, 0) is 20.0 Å². The molecule has 0 amide bonds. The monoisotopic (exact) mass is 284 g/mol. The summed E-state index contributed by atoms with van der Waals surface area (Å²) in [6.07, 6.45) is 7.49. The Labute approximate surface area is 126 Å². The van der Waals surface area contributed by atoms with Gasteiger partial charge in [0.05, 0.1) is 0 Å². The van der Waals surface area contributed by atoms with E-state index in [1.54, 1.807) is 0 Å². The van der Waals surface area contributed by atoms with Crippen LogP contribution in [0.5, 0.6) is 0 Å². The minimum Gasteiger partial charge on any atom is -0.396 e. The van der Waals surface area contributed by atoms with Crippen molar-refractivity contribution in [1.29, 1.82) is 0 Å². The number of rotatable bonds is 6. The average Bonchev–Trinajstić information content (AvgIpc) is 3.09. The number of aromatic nitrogens is 1. The quantitative estimate of drug-likeness (QED) is 0.883. The third-order valence-electron chi connectivity index (χ3n) is 4.42. The number of aliphatic hydroxyl groups excluding tert-OH is 1. The first kappa shape index (κ1) is 14.4. The number of hydrogen-bond acceptors (Lipinski definition) is 2. The molecule has 0 radical (unpaired) electrons. The van der Waals surface area contributed by atoms with Crippen LogP contribution in [0.1, 0.15) is 35.6 Å². The summed E-state index contributed by atoms with van der Waals surface area (Å²) in [5.41, 5.74) is 4.32. The highest BCUT2D eigenvalue weighted by atomic mass is 16.3. The van der Waals surface area contributed by atoms with Crippen molar-refractivity contribution in [3.8, 4) is 0 Å². The zero-order valence-corrected chi connectivity index (χ0v) is 12.7. The first-order valence-electron chi connectivity index (χ1n) is 7.81. The van der Waals surface area contributed by atoms with Crippen molar-refractivity contribution in [2.45, 2.75) is 31.8 Å². The lowest BCUT2D eigenvalue weighted by atomic mass is 10.1. The second-order valence-electron chi connectivity index (χ2n) is 5.99. The highest BCUT2D eigenvalue weighted by molar-refractivity contribution is 5.34. The molecule has 0 saturated heterocycles. The highest BCUT2D eigenvalue weighted by Gasteiger charge is 2.27. The first-order chi connectivity index (χ1) is 10.3. The van der Waals surface area contributed by atoms with Crippen molar-refractivity contribution in [3.63, 3.8) is 0 Å². The van der Waals surface area contributed by atoms with Crippen LogP contribution in [0.15, 0.2) is 42.7 Å². The molecule has 1 unspecified atom stereocenters. The van der Waals surface area contributed by atoms with Crippen LogP contribution in [0.2, 0.25) is 0 Å². The second kappa shape index (κ2) is 6.46. The summed E-state index contributed by atoms with van der Waals surface area (Å²) in [5.74, 6) is 0. The fraction of sp³-hybridized carbons (Fsp3) is 0.444. The zero-order chi connectivity index (χ0) is 14.7. The molecular weight excluding hydrogens is 260 g/mol. The summed E-state index contributed by atoms with van der Waals surface area (Å²) in [7, 11) is 2.06.